The summed E-state index contributed by atoms with van der Waals surface area (Å²) in [5.74, 6) is 0.703. The van der Waals surface area contributed by atoms with Crippen molar-refractivity contribution in [1.29, 1.82) is 0 Å². The maximum atomic E-state index is 12.7. The predicted molar refractivity (Wildman–Crippen MR) is 108 cm³/mol. The Kier molecular flexibility index (Phi) is 4.35. The molecule has 0 aliphatic heterocycles. The van der Waals surface area contributed by atoms with E-state index >= 15 is 0 Å². The van der Waals surface area contributed by atoms with E-state index in [0.29, 0.717) is 22.7 Å². The molecule has 7 nitrogen and oxygen atoms in total. The fraction of sp³-hybridized carbons (Fsp3) is 0.150. The zero-order chi connectivity index (χ0) is 19.9. The maximum Gasteiger partial charge on any atom is 0.262 e. The molecule has 28 heavy (non-hydrogen) atoms. The van der Waals surface area contributed by atoms with E-state index in [4.69, 9.17) is 0 Å². The molecule has 4 rings (SSSR count). The highest BCUT2D eigenvalue weighted by molar-refractivity contribution is 7.92. The average Bonchev–Trinajstić information content (AvgIpc) is 3.04. The van der Waals surface area contributed by atoms with Crippen molar-refractivity contribution in [3.8, 4) is 11.3 Å². The number of aryl methyl sites for hydroxylation is 3. The molecule has 2 aromatic carbocycles. The second kappa shape index (κ2) is 6.72. The van der Waals surface area contributed by atoms with Gasteiger partial charge in [-0.1, -0.05) is 24.3 Å². The van der Waals surface area contributed by atoms with E-state index in [1.54, 1.807) is 29.6 Å². The average molecular weight is 393 g/mol. The fourth-order valence-electron chi connectivity index (χ4n) is 2.97. The van der Waals surface area contributed by atoms with Gasteiger partial charge in [0.25, 0.3) is 10.0 Å². The molecule has 142 valence electrons. The van der Waals surface area contributed by atoms with E-state index in [9.17, 15) is 8.42 Å². The van der Waals surface area contributed by atoms with Crippen LogP contribution in [0.25, 0.3) is 16.9 Å². The normalized spacial score (nSPS) is 11.7. The largest absolute Gasteiger partial charge is 0.280 e. The fourth-order valence-corrected chi connectivity index (χ4v) is 4.36. The zero-order valence-electron chi connectivity index (χ0n) is 15.7. The number of benzene rings is 2. The number of sulfonamides is 1. The lowest BCUT2D eigenvalue weighted by atomic mass is 10.1. The lowest BCUT2D eigenvalue weighted by Crippen LogP contribution is -2.14. The van der Waals surface area contributed by atoms with Crippen LogP contribution in [0.5, 0.6) is 0 Å². The Morgan fingerprint density at radius 1 is 0.893 bits per heavy atom. The molecule has 0 unspecified atom stereocenters. The second-order valence-corrected chi connectivity index (χ2v) is 8.34. The molecule has 4 aromatic rings. The van der Waals surface area contributed by atoms with Crippen LogP contribution in [-0.4, -0.2) is 28.2 Å². The van der Waals surface area contributed by atoms with Crippen LogP contribution in [0, 0.1) is 20.8 Å². The summed E-state index contributed by atoms with van der Waals surface area (Å²) >= 11 is 0. The van der Waals surface area contributed by atoms with Crippen LogP contribution in [0.15, 0.2) is 59.5 Å². The molecule has 2 aromatic heterocycles. The Morgan fingerprint density at radius 2 is 1.64 bits per heavy atom. The SMILES string of the molecule is Cc1ccc(C)c(S(=O)(=O)Nc2ccc(-c3ccc4nnc(C)n4n3)cc2)c1. The minimum atomic E-state index is -3.66. The standard InChI is InChI=1S/C20H19N5O2S/c1-13-4-5-14(2)19(12-13)28(26,27)24-17-8-6-16(7-9-17)18-10-11-20-22-21-15(3)25(20)23-18/h4-12,24H,1-3H3. The van der Waals surface area contributed by atoms with Crippen molar-refractivity contribution in [2.24, 2.45) is 0 Å². The lowest BCUT2D eigenvalue weighted by molar-refractivity contribution is 0.600. The van der Waals surface area contributed by atoms with Crippen LogP contribution >= 0.6 is 0 Å². The van der Waals surface area contributed by atoms with Gasteiger partial charge in [-0.3, -0.25) is 4.72 Å². The lowest BCUT2D eigenvalue weighted by Gasteiger charge is -2.11. The van der Waals surface area contributed by atoms with Crippen LogP contribution in [-0.2, 0) is 10.0 Å². The number of fused-ring (bicyclic) bond motifs is 1. The van der Waals surface area contributed by atoms with Gasteiger partial charge in [-0.15, -0.1) is 10.2 Å². The second-order valence-electron chi connectivity index (χ2n) is 6.69. The van der Waals surface area contributed by atoms with Gasteiger partial charge in [-0.25, -0.2) is 8.42 Å². The maximum absolute atomic E-state index is 12.7. The van der Waals surface area contributed by atoms with Crippen LogP contribution < -0.4 is 4.72 Å². The topological polar surface area (TPSA) is 89.2 Å². The third kappa shape index (κ3) is 3.34. The summed E-state index contributed by atoms with van der Waals surface area (Å²) in [4.78, 5) is 0.284. The first kappa shape index (κ1) is 18.1. The van der Waals surface area contributed by atoms with Gasteiger partial charge in [0.15, 0.2) is 11.5 Å². The molecule has 0 fully saturated rings. The van der Waals surface area contributed by atoms with E-state index < -0.39 is 10.0 Å². The number of hydrogen-bond acceptors (Lipinski definition) is 5. The molecule has 0 amide bonds. The third-order valence-corrected chi connectivity index (χ3v) is 6.01. The molecule has 1 N–H and O–H groups in total. The van der Waals surface area contributed by atoms with Gasteiger partial charge in [-0.2, -0.15) is 9.61 Å². The molecule has 8 heteroatoms. The molecule has 0 radical (unpaired) electrons. The van der Waals surface area contributed by atoms with E-state index in [1.165, 1.54) is 0 Å². The molecule has 0 saturated carbocycles. The van der Waals surface area contributed by atoms with Gasteiger partial charge in [0.2, 0.25) is 0 Å². The number of rotatable bonds is 4. The van der Waals surface area contributed by atoms with Crippen LogP contribution in [0.1, 0.15) is 17.0 Å². The quantitative estimate of drug-likeness (QED) is 0.573. The molecule has 0 aliphatic rings. The Bertz CT molecular complexity index is 1280. The van der Waals surface area contributed by atoms with Crippen LogP contribution in [0.3, 0.4) is 0 Å². The Labute approximate surface area is 163 Å². The van der Waals surface area contributed by atoms with Gasteiger partial charge >= 0.3 is 0 Å². The minimum Gasteiger partial charge on any atom is -0.280 e. The minimum absolute atomic E-state index is 0.284. The van der Waals surface area contributed by atoms with Crippen molar-refractivity contribution in [3.05, 3.63) is 71.5 Å². The summed E-state index contributed by atoms with van der Waals surface area (Å²) in [6, 6.07) is 16.2. The molecule has 0 atom stereocenters. The van der Waals surface area contributed by atoms with Gasteiger partial charge in [-0.05, 0) is 62.2 Å². The predicted octanol–water partition coefficient (Wildman–Crippen LogP) is 3.52. The summed E-state index contributed by atoms with van der Waals surface area (Å²) in [6.45, 7) is 5.49. The van der Waals surface area contributed by atoms with Gasteiger partial charge < -0.3 is 0 Å². The monoisotopic (exact) mass is 393 g/mol. The van der Waals surface area contributed by atoms with E-state index in [2.05, 4.69) is 20.0 Å². The molecule has 0 aliphatic carbocycles. The molecular formula is C20H19N5O2S. The summed E-state index contributed by atoms with van der Waals surface area (Å²) in [5.41, 5.74) is 4.39. The number of nitrogens with zero attached hydrogens (tertiary/aromatic N) is 4. The van der Waals surface area contributed by atoms with Crippen molar-refractivity contribution in [2.45, 2.75) is 25.7 Å². The van der Waals surface area contributed by atoms with Crippen LogP contribution in [0.2, 0.25) is 0 Å². The molecule has 0 bridgehead atoms. The third-order valence-electron chi connectivity index (χ3n) is 4.48. The zero-order valence-corrected chi connectivity index (χ0v) is 16.5. The highest BCUT2D eigenvalue weighted by Gasteiger charge is 2.17. The van der Waals surface area contributed by atoms with E-state index in [-0.39, 0.29) is 4.90 Å². The van der Waals surface area contributed by atoms with Crippen molar-refractivity contribution in [1.82, 2.24) is 19.8 Å². The Balaban J connectivity index is 1.62. The first-order valence-electron chi connectivity index (χ1n) is 8.73. The van der Waals surface area contributed by atoms with Gasteiger partial charge in [0.05, 0.1) is 10.6 Å². The summed E-state index contributed by atoms with van der Waals surface area (Å²) in [6.07, 6.45) is 0. The van der Waals surface area contributed by atoms with Crippen molar-refractivity contribution >= 4 is 21.4 Å². The Morgan fingerprint density at radius 3 is 2.39 bits per heavy atom. The number of anilines is 1. The molecule has 2 heterocycles. The molecule has 0 spiro atoms. The summed E-state index contributed by atoms with van der Waals surface area (Å²) < 4.78 is 29.8. The number of aromatic nitrogens is 4. The van der Waals surface area contributed by atoms with Gasteiger partial charge in [0, 0.05) is 11.3 Å². The highest BCUT2D eigenvalue weighted by atomic mass is 32.2. The van der Waals surface area contributed by atoms with Gasteiger partial charge in [0.1, 0.15) is 0 Å². The van der Waals surface area contributed by atoms with Crippen molar-refractivity contribution < 1.29 is 8.42 Å². The summed E-state index contributed by atoms with van der Waals surface area (Å²) in [7, 11) is -3.66. The first-order valence-corrected chi connectivity index (χ1v) is 10.2. The van der Waals surface area contributed by atoms with E-state index in [0.717, 1.165) is 16.8 Å². The van der Waals surface area contributed by atoms with Crippen molar-refractivity contribution in [3.63, 3.8) is 0 Å². The highest BCUT2D eigenvalue weighted by Crippen LogP contribution is 2.23. The molecular weight excluding hydrogens is 374 g/mol. The summed E-state index contributed by atoms with van der Waals surface area (Å²) in [5, 5.41) is 12.6. The Hall–Kier alpha value is -3.26. The van der Waals surface area contributed by atoms with Crippen molar-refractivity contribution in [2.75, 3.05) is 4.72 Å². The number of nitrogens with one attached hydrogen (secondary N) is 1. The smallest absolute Gasteiger partial charge is 0.262 e. The van der Waals surface area contributed by atoms with Crippen LogP contribution in [0.4, 0.5) is 5.69 Å². The molecule has 0 saturated heterocycles. The first-order chi connectivity index (χ1) is 13.3. The number of hydrogen-bond donors (Lipinski definition) is 1. The van der Waals surface area contributed by atoms with E-state index in [1.807, 2.05) is 50.2 Å².